The minimum atomic E-state index is -0.881. The summed E-state index contributed by atoms with van der Waals surface area (Å²) in [7, 11) is 0. The van der Waals surface area contributed by atoms with Gasteiger partial charge < -0.3 is 14.9 Å². The van der Waals surface area contributed by atoms with Gasteiger partial charge in [-0.2, -0.15) is 0 Å². The lowest BCUT2D eigenvalue weighted by atomic mass is 9.97. The van der Waals surface area contributed by atoms with Gasteiger partial charge in [0.25, 0.3) is 5.91 Å². The molecule has 0 radical (unpaired) electrons. The maximum Gasteiger partial charge on any atom is 0.257 e. The van der Waals surface area contributed by atoms with Crippen LogP contribution in [0.1, 0.15) is 42.8 Å². The van der Waals surface area contributed by atoms with Crippen LogP contribution in [0, 0.1) is 6.92 Å². The Balaban J connectivity index is 2.22. The summed E-state index contributed by atoms with van der Waals surface area (Å²) in [4.78, 5) is 12.5. The van der Waals surface area contributed by atoms with Gasteiger partial charge in [0.05, 0.1) is 5.60 Å². The van der Waals surface area contributed by atoms with E-state index in [4.69, 9.17) is 4.52 Å². The summed E-state index contributed by atoms with van der Waals surface area (Å²) in [6, 6.07) is 9.42. The highest BCUT2D eigenvalue weighted by atomic mass is 16.5. The van der Waals surface area contributed by atoms with Gasteiger partial charge >= 0.3 is 0 Å². The Hall–Kier alpha value is -2.14. The van der Waals surface area contributed by atoms with Crippen LogP contribution < -0.4 is 5.32 Å². The van der Waals surface area contributed by atoms with Crippen molar-refractivity contribution in [3.63, 3.8) is 0 Å². The number of carbonyl (C=O) groups is 1. The van der Waals surface area contributed by atoms with Crippen molar-refractivity contribution in [2.45, 2.75) is 39.2 Å². The molecule has 0 bridgehead atoms. The van der Waals surface area contributed by atoms with Crippen molar-refractivity contribution in [1.29, 1.82) is 0 Å². The molecule has 2 N–H and O–H groups in total. The number of hydrogen-bond donors (Lipinski definition) is 2. The van der Waals surface area contributed by atoms with Crippen molar-refractivity contribution in [2.24, 2.45) is 0 Å². The average molecular weight is 302 g/mol. The van der Waals surface area contributed by atoms with E-state index in [0.717, 1.165) is 5.56 Å². The van der Waals surface area contributed by atoms with E-state index in [0.29, 0.717) is 29.9 Å². The normalized spacial score (nSPS) is 11.5. The molecule has 1 aromatic heterocycles. The highest BCUT2D eigenvalue weighted by Gasteiger charge is 2.26. The molecule has 0 saturated carbocycles. The Bertz CT molecular complexity index is 631. The van der Waals surface area contributed by atoms with Crippen molar-refractivity contribution in [2.75, 3.05) is 6.54 Å². The summed E-state index contributed by atoms with van der Waals surface area (Å²) in [6.45, 7) is 5.71. The number of benzene rings is 1. The number of amides is 1. The highest BCUT2D eigenvalue weighted by molar-refractivity contribution is 6.00. The van der Waals surface area contributed by atoms with E-state index in [2.05, 4.69) is 10.5 Å². The molecule has 2 rings (SSSR count). The van der Waals surface area contributed by atoms with E-state index in [9.17, 15) is 9.90 Å². The zero-order valence-corrected chi connectivity index (χ0v) is 13.2. The molecule has 0 spiro atoms. The summed E-state index contributed by atoms with van der Waals surface area (Å²) in [5.41, 5.74) is 0.881. The van der Waals surface area contributed by atoms with E-state index >= 15 is 0 Å². The molecule has 0 unspecified atom stereocenters. The molecule has 1 aromatic carbocycles. The van der Waals surface area contributed by atoms with Crippen LogP contribution in [0.3, 0.4) is 0 Å². The average Bonchev–Trinajstić information content (AvgIpc) is 2.95. The lowest BCUT2D eigenvalue weighted by Crippen LogP contribution is -2.42. The SMILES string of the molecule is CCC(O)(CC)CNC(=O)c1c(-c2ccccc2)noc1C. The standard InChI is InChI=1S/C17H22N2O3/c1-4-17(21,5-2)11-18-16(20)14-12(3)22-19-15(14)13-9-7-6-8-10-13/h6-10,21H,4-5,11H2,1-3H3,(H,18,20). The second-order valence-corrected chi connectivity index (χ2v) is 5.44. The number of aliphatic hydroxyl groups is 1. The smallest absolute Gasteiger partial charge is 0.257 e. The number of nitrogens with zero attached hydrogens (tertiary/aromatic N) is 1. The number of hydrogen-bond acceptors (Lipinski definition) is 4. The van der Waals surface area contributed by atoms with E-state index in [1.165, 1.54) is 0 Å². The molecule has 0 atom stereocenters. The first kappa shape index (κ1) is 16.2. The maximum absolute atomic E-state index is 12.5. The van der Waals surface area contributed by atoms with Crippen LogP contribution in [0.2, 0.25) is 0 Å². The van der Waals surface area contributed by atoms with Gasteiger partial charge in [0.15, 0.2) is 0 Å². The highest BCUT2D eigenvalue weighted by Crippen LogP contribution is 2.25. The molecule has 5 nitrogen and oxygen atoms in total. The number of aryl methyl sites for hydroxylation is 1. The van der Waals surface area contributed by atoms with Crippen LogP contribution in [-0.4, -0.2) is 28.3 Å². The molecule has 22 heavy (non-hydrogen) atoms. The summed E-state index contributed by atoms with van der Waals surface area (Å²) < 4.78 is 5.18. The Morgan fingerprint density at radius 3 is 2.50 bits per heavy atom. The summed E-state index contributed by atoms with van der Waals surface area (Å²) in [6.07, 6.45) is 1.16. The van der Waals surface area contributed by atoms with Crippen LogP contribution in [0.4, 0.5) is 0 Å². The second-order valence-electron chi connectivity index (χ2n) is 5.44. The van der Waals surface area contributed by atoms with Crippen LogP contribution in [0.5, 0.6) is 0 Å². The van der Waals surface area contributed by atoms with Gasteiger partial charge in [0.2, 0.25) is 0 Å². The van der Waals surface area contributed by atoms with E-state index in [-0.39, 0.29) is 12.5 Å². The largest absolute Gasteiger partial charge is 0.388 e. The molecule has 0 aliphatic rings. The van der Waals surface area contributed by atoms with Gasteiger partial charge in [-0.1, -0.05) is 49.3 Å². The minimum absolute atomic E-state index is 0.206. The maximum atomic E-state index is 12.5. The van der Waals surface area contributed by atoms with Crippen molar-refractivity contribution in [1.82, 2.24) is 10.5 Å². The Labute approximate surface area is 130 Å². The second kappa shape index (κ2) is 6.75. The topological polar surface area (TPSA) is 75.4 Å². The first-order valence-corrected chi connectivity index (χ1v) is 7.53. The lowest BCUT2D eigenvalue weighted by Gasteiger charge is -2.25. The van der Waals surface area contributed by atoms with Gasteiger partial charge in [0.1, 0.15) is 17.0 Å². The molecule has 0 saturated heterocycles. The minimum Gasteiger partial charge on any atom is -0.388 e. The molecule has 0 fully saturated rings. The third-order valence-corrected chi connectivity index (χ3v) is 4.03. The number of carbonyl (C=O) groups excluding carboxylic acids is 1. The van der Waals surface area contributed by atoms with Gasteiger partial charge in [-0.05, 0) is 19.8 Å². The summed E-state index contributed by atoms with van der Waals surface area (Å²) >= 11 is 0. The first-order chi connectivity index (χ1) is 10.5. The fourth-order valence-corrected chi connectivity index (χ4v) is 2.27. The molecular weight excluding hydrogens is 280 g/mol. The van der Waals surface area contributed by atoms with Crippen molar-refractivity contribution < 1.29 is 14.4 Å². The third kappa shape index (κ3) is 3.36. The Morgan fingerprint density at radius 2 is 1.91 bits per heavy atom. The van der Waals surface area contributed by atoms with Crippen LogP contribution in [-0.2, 0) is 0 Å². The van der Waals surface area contributed by atoms with Crippen LogP contribution >= 0.6 is 0 Å². The Kier molecular flexibility index (Phi) is 4.98. The quantitative estimate of drug-likeness (QED) is 0.860. The van der Waals surface area contributed by atoms with Crippen molar-refractivity contribution >= 4 is 5.91 Å². The van der Waals surface area contributed by atoms with Crippen LogP contribution in [0.15, 0.2) is 34.9 Å². The zero-order valence-electron chi connectivity index (χ0n) is 13.2. The van der Waals surface area contributed by atoms with Gasteiger partial charge in [-0.25, -0.2) is 0 Å². The predicted molar refractivity (Wildman–Crippen MR) is 84.5 cm³/mol. The molecule has 118 valence electrons. The fraction of sp³-hybridized carbons (Fsp3) is 0.412. The van der Waals surface area contributed by atoms with Gasteiger partial charge in [-0.15, -0.1) is 0 Å². The van der Waals surface area contributed by atoms with Gasteiger partial charge in [0, 0.05) is 12.1 Å². The number of aromatic nitrogens is 1. The number of nitrogens with one attached hydrogen (secondary N) is 1. The number of rotatable bonds is 6. The molecule has 5 heteroatoms. The molecule has 0 aliphatic carbocycles. The molecule has 1 amide bonds. The Morgan fingerprint density at radius 1 is 1.27 bits per heavy atom. The third-order valence-electron chi connectivity index (χ3n) is 4.03. The summed E-state index contributed by atoms with van der Waals surface area (Å²) in [5, 5.41) is 17.1. The van der Waals surface area contributed by atoms with E-state index in [1.807, 2.05) is 44.2 Å². The first-order valence-electron chi connectivity index (χ1n) is 7.53. The summed E-state index contributed by atoms with van der Waals surface area (Å²) in [5.74, 6) is 0.186. The van der Waals surface area contributed by atoms with Gasteiger partial charge in [-0.3, -0.25) is 4.79 Å². The predicted octanol–water partition coefficient (Wildman–Crippen LogP) is 2.93. The monoisotopic (exact) mass is 302 g/mol. The van der Waals surface area contributed by atoms with Crippen molar-refractivity contribution in [3.05, 3.63) is 41.7 Å². The van der Waals surface area contributed by atoms with Crippen LogP contribution in [0.25, 0.3) is 11.3 Å². The lowest BCUT2D eigenvalue weighted by molar-refractivity contribution is 0.0314. The van der Waals surface area contributed by atoms with E-state index in [1.54, 1.807) is 6.92 Å². The molecule has 1 heterocycles. The zero-order chi connectivity index (χ0) is 16.2. The van der Waals surface area contributed by atoms with E-state index < -0.39 is 5.60 Å². The van der Waals surface area contributed by atoms with Crippen molar-refractivity contribution in [3.8, 4) is 11.3 Å². The molecule has 2 aromatic rings. The fourth-order valence-electron chi connectivity index (χ4n) is 2.27. The molecule has 0 aliphatic heterocycles. The molecular formula is C17H22N2O3.